The molecule has 1 heterocycles. The molecule has 0 radical (unpaired) electrons. The molecule has 0 saturated carbocycles. The fourth-order valence-electron chi connectivity index (χ4n) is 1.28. The number of aliphatic hydroxyl groups excluding tert-OH is 1. The maximum Gasteiger partial charge on any atom is 0.309 e. The summed E-state index contributed by atoms with van der Waals surface area (Å²) in [5, 5.41) is 31.4. The van der Waals surface area contributed by atoms with Crippen LogP contribution in [-0.2, 0) is 0 Å². The number of nitrogens with zero attached hydrogens (tertiary/aromatic N) is 2. The van der Waals surface area contributed by atoms with E-state index in [1.165, 1.54) is 12.3 Å². The Morgan fingerprint density at radius 2 is 2.47 bits per heavy atom. The Morgan fingerprint density at radius 3 is 2.94 bits per heavy atom. The molecule has 90 valence electrons. The molecule has 1 aromatic rings. The number of H-pyrrole nitrogens is 1. The van der Waals surface area contributed by atoms with E-state index in [2.05, 4.69) is 10.3 Å². The van der Waals surface area contributed by atoms with Crippen LogP contribution in [0.25, 0.3) is 0 Å². The number of nitriles is 1. The highest BCUT2D eigenvalue weighted by Crippen LogP contribution is 2.16. The molecule has 0 bridgehead atoms. The molecular formula is C10H13N4O3+. The standard InChI is InChI=1S/C10H12N4O3/c1-2-8(6-15)13-10-7(4-11)3-9(5-12-10)14(16)17/h3,5,8,15H,2,6H2,1H3,(H,12,13)/p+1/t8-/m0/s1. The van der Waals surface area contributed by atoms with Gasteiger partial charge in [0.15, 0.2) is 6.20 Å². The van der Waals surface area contributed by atoms with Crippen LogP contribution < -0.4 is 10.3 Å². The summed E-state index contributed by atoms with van der Waals surface area (Å²) in [6.07, 6.45) is 1.87. The van der Waals surface area contributed by atoms with E-state index in [4.69, 9.17) is 10.4 Å². The number of aromatic nitrogens is 1. The predicted octanol–water partition coefficient (Wildman–Crippen LogP) is 0.463. The van der Waals surface area contributed by atoms with Crippen molar-refractivity contribution in [1.82, 2.24) is 0 Å². The van der Waals surface area contributed by atoms with E-state index in [0.29, 0.717) is 12.2 Å². The van der Waals surface area contributed by atoms with E-state index >= 15 is 0 Å². The van der Waals surface area contributed by atoms with Crippen molar-refractivity contribution < 1.29 is 15.0 Å². The zero-order chi connectivity index (χ0) is 12.8. The zero-order valence-corrected chi connectivity index (χ0v) is 9.30. The van der Waals surface area contributed by atoms with Gasteiger partial charge in [-0.05, 0) is 6.42 Å². The normalized spacial score (nSPS) is 11.6. The average molecular weight is 237 g/mol. The molecule has 0 unspecified atom stereocenters. The molecule has 1 aromatic heterocycles. The van der Waals surface area contributed by atoms with Gasteiger partial charge in [-0.15, -0.1) is 0 Å². The van der Waals surface area contributed by atoms with Gasteiger partial charge in [0, 0.05) is 6.07 Å². The summed E-state index contributed by atoms with van der Waals surface area (Å²) >= 11 is 0. The number of hydrogen-bond acceptors (Lipinski definition) is 5. The second-order valence-corrected chi connectivity index (χ2v) is 3.45. The molecule has 1 atom stereocenters. The minimum Gasteiger partial charge on any atom is -0.392 e. The van der Waals surface area contributed by atoms with E-state index < -0.39 is 4.92 Å². The number of aromatic amines is 1. The molecule has 0 amide bonds. The Bertz CT molecular complexity index is 451. The van der Waals surface area contributed by atoms with Crippen molar-refractivity contribution in [1.29, 1.82) is 5.26 Å². The van der Waals surface area contributed by atoms with Gasteiger partial charge in [0.2, 0.25) is 0 Å². The highest BCUT2D eigenvalue weighted by Gasteiger charge is 2.19. The highest BCUT2D eigenvalue weighted by molar-refractivity contribution is 5.51. The van der Waals surface area contributed by atoms with Crippen molar-refractivity contribution in [2.24, 2.45) is 0 Å². The van der Waals surface area contributed by atoms with E-state index in [9.17, 15) is 10.1 Å². The zero-order valence-electron chi connectivity index (χ0n) is 9.30. The third-order valence-corrected chi connectivity index (χ3v) is 2.32. The Morgan fingerprint density at radius 1 is 1.76 bits per heavy atom. The van der Waals surface area contributed by atoms with Crippen molar-refractivity contribution in [3.05, 3.63) is 27.9 Å². The van der Waals surface area contributed by atoms with E-state index in [1.54, 1.807) is 0 Å². The number of rotatable bonds is 5. The minimum absolute atomic E-state index is 0.0772. The van der Waals surface area contributed by atoms with Crippen molar-refractivity contribution in [3.8, 4) is 6.07 Å². The molecular weight excluding hydrogens is 224 g/mol. The maximum atomic E-state index is 10.5. The summed E-state index contributed by atoms with van der Waals surface area (Å²) in [5.41, 5.74) is -0.0322. The molecule has 0 aliphatic rings. The largest absolute Gasteiger partial charge is 0.392 e. The molecule has 7 heteroatoms. The van der Waals surface area contributed by atoms with Gasteiger partial charge >= 0.3 is 5.69 Å². The molecule has 0 fully saturated rings. The number of hydrogen-bond donors (Lipinski definition) is 2. The summed E-state index contributed by atoms with van der Waals surface area (Å²) < 4.78 is 0. The van der Waals surface area contributed by atoms with Crippen molar-refractivity contribution in [2.75, 3.05) is 11.9 Å². The van der Waals surface area contributed by atoms with Crippen LogP contribution in [0, 0.1) is 21.4 Å². The van der Waals surface area contributed by atoms with E-state index in [0.717, 1.165) is 0 Å². The van der Waals surface area contributed by atoms with Crippen LogP contribution >= 0.6 is 0 Å². The summed E-state index contributed by atoms with van der Waals surface area (Å²) in [6.45, 7) is 1.80. The predicted molar refractivity (Wildman–Crippen MR) is 59.2 cm³/mol. The summed E-state index contributed by atoms with van der Waals surface area (Å²) in [4.78, 5) is 12.6. The Balaban J connectivity index is 3.01. The van der Waals surface area contributed by atoms with E-state index in [-0.39, 0.29) is 23.9 Å². The highest BCUT2D eigenvalue weighted by atomic mass is 16.6. The van der Waals surface area contributed by atoms with Gasteiger partial charge in [-0.1, -0.05) is 6.92 Å². The van der Waals surface area contributed by atoms with Gasteiger partial charge in [0.25, 0.3) is 5.82 Å². The Labute approximate surface area is 97.9 Å². The molecule has 0 aromatic carbocycles. The van der Waals surface area contributed by atoms with Gasteiger partial charge in [-0.25, -0.2) is 4.98 Å². The average Bonchev–Trinajstić information content (AvgIpc) is 2.35. The van der Waals surface area contributed by atoms with Crippen LogP contribution in [0.2, 0.25) is 0 Å². The van der Waals surface area contributed by atoms with Crippen molar-refractivity contribution in [2.45, 2.75) is 19.4 Å². The van der Waals surface area contributed by atoms with Crippen LogP contribution in [0.15, 0.2) is 12.3 Å². The summed E-state index contributed by atoms with van der Waals surface area (Å²) in [7, 11) is 0. The van der Waals surface area contributed by atoms with Gasteiger partial charge < -0.3 is 5.11 Å². The molecule has 0 aliphatic carbocycles. The SMILES string of the molecule is CC[C@@H](CO)Nc1[nH+]cc([N+](=O)[O-])cc1C#N. The lowest BCUT2D eigenvalue weighted by Gasteiger charge is -2.08. The quantitative estimate of drug-likeness (QED) is 0.570. The second-order valence-electron chi connectivity index (χ2n) is 3.45. The molecule has 0 saturated heterocycles. The van der Waals surface area contributed by atoms with Crippen LogP contribution in [0.1, 0.15) is 18.9 Å². The van der Waals surface area contributed by atoms with Crippen molar-refractivity contribution >= 4 is 11.5 Å². The van der Waals surface area contributed by atoms with Gasteiger partial charge in [-0.2, -0.15) is 5.26 Å². The van der Waals surface area contributed by atoms with Gasteiger partial charge in [-0.3, -0.25) is 15.4 Å². The first kappa shape index (κ1) is 12.9. The third kappa shape index (κ3) is 3.12. The Kier molecular flexibility index (Phi) is 4.37. The lowest BCUT2D eigenvalue weighted by molar-refractivity contribution is -0.413. The van der Waals surface area contributed by atoms with Crippen LogP contribution in [0.5, 0.6) is 0 Å². The topological polar surface area (TPSA) is 113 Å². The van der Waals surface area contributed by atoms with Gasteiger partial charge in [0.1, 0.15) is 17.7 Å². The van der Waals surface area contributed by atoms with Crippen LogP contribution in [-0.4, -0.2) is 22.7 Å². The number of pyridine rings is 1. The lowest BCUT2D eigenvalue weighted by Crippen LogP contribution is -2.27. The Hall–Kier alpha value is -2.20. The number of nitro groups is 1. The van der Waals surface area contributed by atoms with Gasteiger partial charge in [0.05, 0.1) is 11.5 Å². The summed E-state index contributed by atoms with van der Waals surface area (Å²) in [5.74, 6) is 0.374. The number of aliphatic hydroxyl groups is 1. The van der Waals surface area contributed by atoms with E-state index in [1.807, 2.05) is 13.0 Å². The molecule has 3 N–H and O–H groups in total. The third-order valence-electron chi connectivity index (χ3n) is 2.32. The fraction of sp³-hybridized carbons (Fsp3) is 0.400. The molecule has 7 nitrogen and oxygen atoms in total. The first-order chi connectivity index (χ1) is 8.12. The summed E-state index contributed by atoms with van der Waals surface area (Å²) in [6, 6.07) is 2.85. The monoisotopic (exact) mass is 237 g/mol. The molecule has 1 rings (SSSR count). The second kappa shape index (κ2) is 5.77. The smallest absolute Gasteiger partial charge is 0.309 e. The van der Waals surface area contributed by atoms with Crippen LogP contribution in [0.4, 0.5) is 11.5 Å². The van der Waals surface area contributed by atoms with Crippen molar-refractivity contribution in [3.63, 3.8) is 0 Å². The first-order valence-corrected chi connectivity index (χ1v) is 5.10. The fourth-order valence-corrected chi connectivity index (χ4v) is 1.28. The molecule has 0 aliphatic heterocycles. The lowest BCUT2D eigenvalue weighted by atomic mass is 10.2. The molecule has 17 heavy (non-hydrogen) atoms. The maximum absolute atomic E-state index is 10.5. The molecule has 0 spiro atoms. The van der Waals surface area contributed by atoms with Crippen LogP contribution in [0.3, 0.4) is 0 Å². The number of nitrogens with one attached hydrogen (secondary N) is 2. The number of anilines is 1. The first-order valence-electron chi connectivity index (χ1n) is 5.10. The minimum atomic E-state index is -0.579.